The molecule has 1 aliphatic rings. The van der Waals surface area contributed by atoms with E-state index in [1.807, 2.05) is 65.2 Å². The molecule has 0 N–H and O–H groups in total. The largest absolute Gasteiger partial charge is 0.292 e. The average molecular weight is 501 g/mol. The molecule has 0 atom stereocenters. The summed E-state index contributed by atoms with van der Waals surface area (Å²) in [5.74, 6) is -0.356. The summed E-state index contributed by atoms with van der Waals surface area (Å²) in [6, 6.07) is 29.4. The molecule has 0 saturated heterocycles. The van der Waals surface area contributed by atoms with Gasteiger partial charge in [0.05, 0.1) is 11.1 Å². The van der Waals surface area contributed by atoms with E-state index in [9.17, 15) is 14.0 Å². The fraction of sp³-hybridized carbons (Fsp3) is 0. The van der Waals surface area contributed by atoms with Gasteiger partial charge < -0.3 is 0 Å². The predicted molar refractivity (Wildman–Crippen MR) is 145 cm³/mol. The Balaban J connectivity index is 1.39. The van der Waals surface area contributed by atoms with Crippen LogP contribution in [0.1, 0.15) is 26.5 Å². The highest BCUT2D eigenvalue weighted by atomic mass is 32.1. The summed E-state index contributed by atoms with van der Waals surface area (Å²) in [4.78, 5) is 33.3. The van der Waals surface area contributed by atoms with Crippen LogP contribution in [0.3, 0.4) is 0 Å². The van der Waals surface area contributed by atoms with Crippen LogP contribution < -0.4 is 0 Å². The Morgan fingerprint density at radius 2 is 1.38 bits per heavy atom. The highest BCUT2D eigenvalue weighted by Gasteiger charge is 2.34. The number of thiophene rings is 1. The summed E-state index contributed by atoms with van der Waals surface area (Å²) >= 11 is 1.48. The topological polar surface area (TPSA) is 52.0 Å². The summed E-state index contributed by atoms with van der Waals surface area (Å²) < 4.78 is 15.4. The van der Waals surface area contributed by atoms with Crippen LogP contribution in [-0.4, -0.2) is 21.1 Å². The second-order valence-corrected chi connectivity index (χ2v) is 9.94. The summed E-state index contributed by atoms with van der Waals surface area (Å²) in [5, 5.41) is 1.84. The number of nitrogens with zero attached hydrogens (tertiary/aromatic N) is 2. The van der Waals surface area contributed by atoms with Crippen LogP contribution in [0.4, 0.5) is 4.39 Å². The lowest BCUT2D eigenvalue weighted by Crippen LogP contribution is -2.03. The fourth-order valence-electron chi connectivity index (χ4n) is 4.86. The van der Waals surface area contributed by atoms with Crippen molar-refractivity contribution in [3.05, 3.63) is 125 Å². The van der Waals surface area contributed by atoms with E-state index in [1.165, 1.54) is 23.5 Å². The van der Waals surface area contributed by atoms with Gasteiger partial charge in [0.15, 0.2) is 11.6 Å². The molecule has 0 spiro atoms. The third-order valence-corrected chi connectivity index (χ3v) is 7.73. The molecule has 0 bridgehead atoms. The molecule has 0 radical (unpaired) electrons. The van der Waals surface area contributed by atoms with Crippen LogP contribution in [0.5, 0.6) is 0 Å². The van der Waals surface area contributed by atoms with Gasteiger partial charge in [-0.05, 0) is 64.9 Å². The van der Waals surface area contributed by atoms with Crippen molar-refractivity contribution in [2.75, 3.05) is 0 Å². The lowest BCUT2D eigenvalue weighted by molar-refractivity contribution is 0.0990. The van der Waals surface area contributed by atoms with Crippen molar-refractivity contribution in [3.8, 4) is 16.1 Å². The number of carbonyl (C=O) groups is 2. The Kier molecular flexibility index (Phi) is 4.77. The Labute approximate surface area is 214 Å². The van der Waals surface area contributed by atoms with Gasteiger partial charge in [-0.1, -0.05) is 54.6 Å². The van der Waals surface area contributed by atoms with Gasteiger partial charge in [-0.25, -0.2) is 9.37 Å². The quantitative estimate of drug-likeness (QED) is 0.187. The van der Waals surface area contributed by atoms with Gasteiger partial charge in [0, 0.05) is 21.7 Å². The predicted octanol–water partition coefficient (Wildman–Crippen LogP) is 7.51. The number of fused-ring (bicyclic) bond motifs is 3. The molecule has 4 nitrogen and oxygen atoms in total. The first-order chi connectivity index (χ1) is 18.1. The van der Waals surface area contributed by atoms with Crippen molar-refractivity contribution >= 4 is 50.1 Å². The van der Waals surface area contributed by atoms with Gasteiger partial charge in [0.2, 0.25) is 0 Å². The van der Waals surface area contributed by atoms with E-state index in [-0.39, 0.29) is 23.0 Å². The maximum Gasteiger partial charge on any atom is 0.197 e. The van der Waals surface area contributed by atoms with Crippen LogP contribution in [0.15, 0.2) is 103 Å². The van der Waals surface area contributed by atoms with Crippen LogP contribution in [0.2, 0.25) is 0 Å². The second-order valence-electron chi connectivity index (χ2n) is 8.91. The molecular formula is C31H17FN2O2S. The molecule has 0 unspecified atom stereocenters. The van der Waals surface area contributed by atoms with E-state index in [0.29, 0.717) is 17.0 Å². The molecule has 2 aromatic heterocycles. The molecule has 0 fully saturated rings. The van der Waals surface area contributed by atoms with Crippen molar-refractivity contribution in [2.45, 2.75) is 0 Å². The molecule has 1 aliphatic carbocycles. The third kappa shape index (κ3) is 3.45. The fourth-order valence-corrected chi connectivity index (χ4v) is 5.89. The van der Waals surface area contributed by atoms with E-state index in [1.54, 1.807) is 30.3 Å². The molecule has 7 rings (SSSR count). The summed E-state index contributed by atoms with van der Waals surface area (Å²) in [7, 11) is 0. The van der Waals surface area contributed by atoms with Gasteiger partial charge >= 0.3 is 0 Å². The molecular weight excluding hydrogens is 483 g/mol. The number of benzene rings is 4. The van der Waals surface area contributed by atoms with Crippen molar-refractivity contribution in [1.29, 1.82) is 0 Å². The number of rotatable bonds is 3. The molecule has 0 saturated carbocycles. The van der Waals surface area contributed by atoms with E-state index >= 15 is 0 Å². The molecule has 0 amide bonds. The van der Waals surface area contributed by atoms with Crippen LogP contribution >= 0.6 is 11.3 Å². The van der Waals surface area contributed by atoms with E-state index in [4.69, 9.17) is 4.98 Å². The molecule has 0 aliphatic heterocycles. The number of ketones is 2. The van der Waals surface area contributed by atoms with Crippen molar-refractivity contribution in [2.24, 2.45) is 0 Å². The number of hydrogen-bond acceptors (Lipinski definition) is 4. The molecule has 6 heteroatoms. The summed E-state index contributed by atoms with van der Waals surface area (Å²) in [6.45, 7) is 0. The SMILES string of the molecule is O=C1C(=Cc2nc3sc(-c4ccc(F)cc4)cc3n2-c2ccccc2)C(=O)c2cc3ccccc3cc21. The first kappa shape index (κ1) is 21.6. The summed E-state index contributed by atoms with van der Waals surface area (Å²) in [5.41, 5.74) is 3.57. The normalized spacial score (nSPS) is 13.1. The standard InChI is InChI=1S/C31H17FN2O2S/c32-21-12-10-18(11-13-21)27-17-26-31(37-27)33-28(34(26)22-8-2-1-3-9-22)16-25-29(35)23-14-19-6-4-5-7-20(19)15-24(23)30(25)36/h1-17H. The summed E-state index contributed by atoms with van der Waals surface area (Å²) in [6.07, 6.45) is 1.60. The number of Topliss-reactive ketones (excluding diaryl/α,β-unsaturated/α-hetero) is 2. The monoisotopic (exact) mass is 500 g/mol. The van der Waals surface area contributed by atoms with Crippen molar-refractivity contribution in [1.82, 2.24) is 9.55 Å². The number of halogens is 1. The van der Waals surface area contributed by atoms with Gasteiger partial charge in [0.25, 0.3) is 0 Å². The number of imidazole rings is 1. The minimum Gasteiger partial charge on any atom is -0.292 e. The first-order valence-electron chi connectivity index (χ1n) is 11.7. The zero-order valence-corrected chi connectivity index (χ0v) is 20.1. The van der Waals surface area contributed by atoms with Gasteiger partial charge in [-0.3, -0.25) is 14.2 Å². The number of hydrogen-bond donors (Lipinski definition) is 0. The highest BCUT2D eigenvalue weighted by Crippen LogP contribution is 2.37. The van der Waals surface area contributed by atoms with E-state index < -0.39 is 0 Å². The lowest BCUT2D eigenvalue weighted by atomic mass is 10.0. The molecule has 176 valence electrons. The van der Waals surface area contributed by atoms with Gasteiger partial charge in [-0.15, -0.1) is 11.3 Å². The molecule has 4 aromatic carbocycles. The molecule has 37 heavy (non-hydrogen) atoms. The van der Waals surface area contributed by atoms with Crippen LogP contribution in [0.25, 0.3) is 43.3 Å². The zero-order chi connectivity index (χ0) is 25.1. The number of carbonyl (C=O) groups excluding carboxylic acids is 2. The van der Waals surface area contributed by atoms with E-state index in [0.717, 1.165) is 37.2 Å². The number of aromatic nitrogens is 2. The maximum atomic E-state index is 13.4. The Hall–Kier alpha value is -4.68. The Morgan fingerprint density at radius 3 is 2.03 bits per heavy atom. The van der Waals surface area contributed by atoms with Crippen molar-refractivity contribution < 1.29 is 14.0 Å². The van der Waals surface area contributed by atoms with Crippen LogP contribution in [0, 0.1) is 5.82 Å². The number of para-hydroxylation sites is 1. The lowest BCUT2D eigenvalue weighted by Gasteiger charge is -2.07. The molecule has 6 aromatic rings. The van der Waals surface area contributed by atoms with E-state index in [2.05, 4.69) is 0 Å². The zero-order valence-electron chi connectivity index (χ0n) is 19.3. The maximum absolute atomic E-state index is 13.4. The highest BCUT2D eigenvalue weighted by molar-refractivity contribution is 7.21. The molecule has 2 heterocycles. The Morgan fingerprint density at radius 1 is 0.757 bits per heavy atom. The smallest absolute Gasteiger partial charge is 0.197 e. The minimum atomic E-state index is -0.288. The van der Waals surface area contributed by atoms with Gasteiger partial charge in [0.1, 0.15) is 16.5 Å². The minimum absolute atomic E-state index is 0.110. The average Bonchev–Trinajstić information content (AvgIpc) is 3.55. The number of allylic oxidation sites excluding steroid dienone is 1. The second kappa shape index (κ2) is 8.18. The first-order valence-corrected chi connectivity index (χ1v) is 12.6. The van der Waals surface area contributed by atoms with Crippen LogP contribution in [-0.2, 0) is 0 Å². The van der Waals surface area contributed by atoms with Gasteiger partial charge in [-0.2, -0.15) is 0 Å². The Bertz CT molecular complexity index is 1860. The third-order valence-electron chi connectivity index (χ3n) is 6.66. The van der Waals surface area contributed by atoms with Crippen molar-refractivity contribution in [3.63, 3.8) is 0 Å².